The Kier molecular flexibility index (Phi) is 4.79. The minimum atomic E-state index is -0.342. The zero-order valence-corrected chi connectivity index (χ0v) is 14.8. The van der Waals surface area contributed by atoms with Crippen LogP contribution >= 0.6 is 0 Å². The van der Waals surface area contributed by atoms with Crippen molar-refractivity contribution in [2.24, 2.45) is 0 Å². The Labute approximate surface area is 152 Å². The van der Waals surface area contributed by atoms with Gasteiger partial charge in [0.05, 0.1) is 19.4 Å². The van der Waals surface area contributed by atoms with Gasteiger partial charge in [-0.05, 0) is 37.1 Å². The normalized spacial score (nSPS) is 23.0. The number of imidazole rings is 1. The molecule has 1 spiro atoms. The lowest BCUT2D eigenvalue weighted by molar-refractivity contribution is -0.0111. The van der Waals surface area contributed by atoms with Crippen molar-refractivity contribution in [3.05, 3.63) is 48.5 Å². The van der Waals surface area contributed by atoms with Crippen molar-refractivity contribution in [3.8, 4) is 5.75 Å². The molecule has 2 aliphatic heterocycles. The molecule has 7 nitrogen and oxygen atoms in total. The number of nitrogens with zero attached hydrogens (tertiary/aromatic N) is 3. The maximum atomic E-state index is 11.4. The van der Waals surface area contributed by atoms with Gasteiger partial charge < -0.3 is 19.4 Å². The third-order valence-electron chi connectivity index (χ3n) is 4.99. The van der Waals surface area contributed by atoms with Gasteiger partial charge in [0, 0.05) is 25.5 Å². The van der Waals surface area contributed by atoms with Crippen LogP contribution in [-0.2, 0) is 17.8 Å². The number of benzene rings is 1. The first-order valence-electron chi connectivity index (χ1n) is 9.08. The van der Waals surface area contributed by atoms with Gasteiger partial charge in [-0.3, -0.25) is 4.90 Å². The molecule has 7 heteroatoms. The van der Waals surface area contributed by atoms with Gasteiger partial charge in [-0.2, -0.15) is 0 Å². The maximum absolute atomic E-state index is 11.4. The van der Waals surface area contributed by atoms with Crippen LogP contribution in [0.25, 0.3) is 0 Å². The van der Waals surface area contributed by atoms with Crippen molar-refractivity contribution in [2.45, 2.75) is 31.5 Å². The van der Waals surface area contributed by atoms with Gasteiger partial charge in [0.25, 0.3) is 0 Å². The highest BCUT2D eigenvalue weighted by Gasteiger charge is 2.43. The number of alkyl carbamates (subject to hydrolysis) is 1. The van der Waals surface area contributed by atoms with Crippen LogP contribution in [0.2, 0.25) is 0 Å². The molecule has 138 valence electrons. The van der Waals surface area contributed by atoms with Gasteiger partial charge in [0.1, 0.15) is 18.0 Å². The summed E-state index contributed by atoms with van der Waals surface area (Å²) < 4.78 is 13.3. The van der Waals surface area contributed by atoms with Crippen LogP contribution in [0.3, 0.4) is 0 Å². The number of hydrogen-bond acceptors (Lipinski definition) is 5. The minimum Gasteiger partial charge on any atom is -0.492 e. The zero-order chi connectivity index (χ0) is 17.8. The fourth-order valence-electron chi connectivity index (χ4n) is 3.69. The van der Waals surface area contributed by atoms with E-state index in [1.165, 1.54) is 5.56 Å². The van der Waals surface area contributed by atoms with Crippen molar-refractivity contribution in [1.29, 1.82) is 0 Å². The average Bonchev–Trinajstić information content (AvgIpc) is 3.27. The van der Waals surface area contributed by atoms with E-state index in [9.17, 15) is 4.79 Å². The molecule has 1 atom stereocenters. The summed E-state index contributed by atoms with van der Waals surface area (Å²) >= 11 is 0. The number of piperidine rings is 1. The van der Waals surface area contributed by atoms with Gasteiger partial charge in [-0.15, -0.1) is 0 Å². The highest BCUT2D eigenvalue weighted by molar-refractivity contribution is 5.70. The highest BCUT2D eigenvalue weighted by atomic mass is 16.6. The Hall–Kier alpha value is -2.54. The van der Waals surface area contributed by atoms with Crippen molar-refractivity contribution >= 4 is 6.09 Å². The number of ether oxygens (including phenoxy) is 2. The van der Waals surface area contributed by atoms with Crippen LogP contribution < -0.4 is 10.1 Å². The molecule has 1 aromatic carbocycles. The number of aromatic nitrogens is 2. The van der Waals surface area contributed by atoms with Crippen molar-refractivity contribution in [2.75, 3.05) is 26.2 Å². The SMILES string of the molecule is O=C1NCC2(CCCN(Cc3ccc(OCCn4ccnc4)cc3)C2)O1. The van der Waals surface area contributed by atoms with E-state index in [1.807, 2.05) is 22.9 Å². The van der Waals surface area contributed by atoms with E-state index in [0.29, 0.717) is 13.2 Å². The zero-order valence-electron chi connectivity index (χ0n) is 14.8. The summed E-state index contributed by atoms with van der Waals surface area (Å²) in [4.78, 5) is 17.8. The fourth-order valence-corrected chi connectivity index (χ4v) is 3.69. The second-order valence-electron chi connectivity index (χ2n) is 7.03. The molecule has 0 radical (unpaired) electrons. The molecule has 1 amide bonds. The molecule has 4 rings (SSSR count). The second-order valence-corrected chi connectivity index (χ2v) is 7.03. The molecule has 0 aliphatic carbocycles. The molecule has 1 N–H and O–H groups in total. The summed E-state index contributed by atoms with van der Waals surface area (Å²) in [7, 11) is 0. The van der Waals surface area contributed by atoms with Crippen molar-refractivity contribution in [3.63, 3.8) is 0 Å². The average molecular weight is 356 g/mol. The molecule has 1 aromatic heterocycles. The molecule has 2 aromatic rings. The lowest BCUT2D eigenvalue weighted by Gasteiger charge is -2.38. The van der Waals surface area contributed by atoms with Gasteiger partial charge in [-0.25, -0.2) is 9.78 Å². The van der Waals surface area contributed by atoms with E-state index < -0.39 is 0 Å². The summed E-state index contributed by atoms with van der Waals surface area (Å²) in [5.41, 5.74) is 0.896. The lowest BCUT2D eigenvalue weighted by Crippen LogP contribution is -2.50. The van der Waals surface area contributed by atoms with Gasteiger partial charge in [0.15, 0.2) is 0 Å². The molecule has 2 aliphatic rings. The molecular formula is C19H24N4O3. The van der Waals surface area contributed by atoms with Gasteiger partial charge in [0.2, 0.25) is 0 Å². The van der Waals surface area contributed by atoms with Crippen molar-refractivity contribution < 1.29 is 14.3 Å². The Morgan fingerprint density at radius 3 is 2.92 bits per heavy atom. The van der Waals surface area contributed by atoms with Crippen molar-refractivity contribution in [1.82, 2.24) is 19.8 Å². The largest absolute Gasteiger partial charge is 0.492 e. The number of rotatable bonds is 6. The Morgan fingerprint density at radius 2 is 2.19 bits per heavy atom. The summed E-state index contributed by atoms with van der Waals surface area (Å²) in [5, 5.41) is 2.79. The van der Waals surface area contributed by atoms with Crippen LogP contribution in [0, 0.1) is 0 Å². The molecule has 2 fully saturated rings. The van der Waals surface area contributed by atoms with Crippen LogP contribution in [0.15, 0.2) is 43.0 Å². The van der Waals surface area contributed by atoms with E-state index in [4.69, 9.17) is 9.47 Å². The standard InChI is InChI=1S/C19H24N4O3/c24-18-21-13-19(26-18)6-1-8-23(14-19)12-16-2-4-17(5-3-16)25-11-10-22-9-7-20-15-22/h2-5,7,9,15H,1,6,8,10-14H2,(H,21,24). The third-order valence-corrected chi connectivity index (χ3v) is 4.99. The summed E-state index contributed by atoms with van der Waals surface area (Å²) in [6.45, 7) is 4.69. The number of nitrogens with one attached hydrogen (secondary N) is 1. The molecule has 0 bridgehead atoms. The maximum Gasteiger partial charge on any atom is 0.407 e. The van der Waals surface area contributed by atoms with E-state index >= 15 is 0 Å². The van der Waals surface area contributed by atoms with E-state index in [0.717, 1.165) is 44.8 Å². The van der Waals surface area contributed by atoms with E-state index in [2.05, 4.69) is 27.3 Å². The molecule has 0 saturated carbocycles. The number of carbonyl (C=O) groups is 1. The second kappa shape index (κ2) is 7.37. The third kappa shape index (κ3) is 3.99. The van der Waals surface area contributed by atoms with Crippen LogP contribution in [0.4, 0.5) is 4.79 Å². The Morgan fingerprint density at radius 1 is 1.31 bits per heavy atom. The molecular weight excluding hydrogens is 332 g/mol. The monoisotopic (exact) mass is 356 g/mol. The van der Waals surface area contributed by atoms with Crippen LogP contribution in [0.1, 0.15) is 18.4 Å². The number of hydrogen-bond donors (Lipinski definition) is 1. The molecule has 26 heavy (non-hydrogen) atoms. The summed E-state index contributed by atoms with van der Waals surface area (Å²) in [5.74, 6) is 0.873. The topological polar surface area (TPSA) is 68.6 Å². The van der Waals surface area contributed by atoms with Crippen LogP contribution in [-0.4, -0.2) is 52.4 Å². The first kappa shape index (κ1) is 16.9. The predicted molar refractivity (Wildman–Crippen MR) is 95.9 cm³/mol. The Bertz CT molecular complexity index is 732. The summed E-state index contributed by atoms with van der Waals surface area (Å²) in [6, 6.07) is 8.24. The Balaban J connectivity index is 1.27. The molecule has 2 saturated heterocycles. The summed E-state index contributed by atoms with van der Waals surface area (Å²) in [6.07, 6.45) is 7.17. The predicted octanol–water partition coefficient (Wildman–Crippen LogP) is 2.04. The number of amides is 1. The first-order valence-corrected chi connectivity index (χ1v) is 9.08. The highest BCUT2D eigenvalue weighted by Crippen LogP contribution is 2.29. The lowest BCUT2D eigenvalue weighted by atomic mass is 9.93. The van der Waals surface area contributed by atoms with E-state index in [-0.39, 0.29) is 11.7 Å². The first-order chi connectivity index (χ1) is 12.7. The number of likely N-dealkylation sites (tertiary alicyclic amines) is 1. The van der Waals surface area contributed by atoms with Gasteiger partial charge in [-0.1, -0.05) is 12.1 Å². The molecule has 1 unspecified atom stereocenters. The van der Waals surface area contributed by atoms with Gasteiger partial charge >= 0.3 is 6.09 Å². The van der Waals surface area contributed by atoms with E-state index in [1.54, 1.807) is 12.5 Å². The number of carbonyl (C=O) groups excluding carboxylic acids is 1. The quantitative estimate of drug-likeness (QED) is 0.858. The fraction of sp³-hybridized carbons (Fsp3) is 0.474. The van der Waals surface area contributed by atoms with Crippen LogP contribution in [0.5, 0.6) is 5.75 Å². The minimum absolute atomic E-state index is 0.288. The smallest absolute Gasteiger partial charge is 0.407 e. The molecule has 3 heterocycles.